The van der Waals surface area contributed by atoms with Gasteiger partial charge in [-0.1, -0.05) is 6.42 Å². The standard InChI is InChI=1S/C13H20F3NO3/c14-13(15,16)8-20-7-5-9-2-1-6-12(9,11(18)19)17-10-3-4-10/h9-10,17H,1-8H2,(H,18,19). The van der Waals surface area contributed by atoms with Gasteiger partial charge >= 0.3 is 12.1 Å². The highest BCUT2D eigenvalue weighted by Gasteiger charge is 2.51. The lowest BCUT2D eigenvalue weighted by Gasteiger charge is -2.32. The number of aliphatic carboxylic acids is 1. The molecule has 7 heteroatoms. The van der Waals surface area contributed by atoms with Crippen LogP contribution < -0.4 is 5.32 Å². The van der Waals surface area contributed by atoms with Gasteiger partial charge in [-0.25, -0.2) is 0 Å². The third-order valence-electron chi connectivity index (χ3n) is 4.12. The summed E-state index contributed by atoms with van der Waals surface area (Å²) in [7, 11) is 0. The Morgan fingerprint density at radius 2 is 2.05 bits per heavy atom. The summed E-state index contributed by atoms with van der Waals surface area (Å²) >= 11 is 0. The zero-order valence-corrected chi connectivity index (χ0v) is 11.2. The third kappa shape index (κ3) is 3.85. The fraction of sp³-hybridized carbons (Fsp3) is 0.923. The number of halogens is 3. The predicted molar refractivity (Wildman–Crippen MR) is 65.4 cm³/mol. The molecule has 2 rings (SSSR count). The second kappa shape index (κ2) is 5.89. The Labute approximate surface area is 115 Å². The van der Waals surface area contributed by atoms with E-state index in [4.69, 9.17) is 0 Å². The van der Waals surface area contributed by atoms with Crippen molar-refractivity contribution < 1.29 is 27.8 Å². The minimum atomic E-state index is -4.33. The molecule has 2 unspecified atom stereocenters. The molecule has 2 fully saturated rings. The fourth-order valence-electron chi connectivity index (χ4n) is 3.01. The SMILES string of the molecule is O=C(O)C1(NC2CC2)CCCC1CCOCC(F)(F)F. The minimum absolute atomic E-state index is 0.0500. The van der Waals surface area contributed by atoms with Crippen LogP contribution in [0.4, 0.5) is 13.2 Å². The fourth-order valence-corrected chi connectivity index (χ4v) is 3.01. The summed E-state index contributed by atoms with van der Waals surface area (Å²) in [6, 6.07) is 0.253. The number of hydrogen-bond acceptors (Lipinski definition) is 3. The second-order valence-corrected chi connectivity index (χ2v) is 5.74. The Morgan fingerprint density at radius 1 is 1.35 bits per heavy atom. The van der Waals surface area contributed by atoms with Crippen molar-refractivity contribution in [1.82, 2.24) is 5.32 Å². The Hall–Kier alpha value is -0.820. The molecule has 4 nitrogen and oxygen atoms in total. The van der Waals surface area contributed by atoms with Gasteiger partial charge in [-0.3, -0.25) is 10.1 Å². The molecule has 0 aliphatic heterocycles. The van der Waals surface area contributed by atoms with Crippen molar-refractivity contribution in [2.45, 2.75) is 56.3 Å². The van der Waals surface area contributed by atoms with E-state index in [1.807, 2.05) is 0 Å². The lowest BCUT2D eigenvalue weighted by molar-refractivity contribution is -0.175. The van der Waals surface area contributed by atoms with E-state index >= 15 is 0 Å². The van der Waals surface area contributed by atoms with E-state index in [0.717, 1.165) is 25.7 Å². The van der Waals surface area contributed by atoms with E-state index in [-0.39, 0.29) is 18.6 Å². The van der Waals surface area contributed by atoms with Gasteiger partial charge in [-0.05, 0) is 38.0 Å². The third-order valence-corrected chi connectivity index (χ3v) is 4.12. The Bertz CT molecular complexity index is 357. The molecule has 0 saturated heterocycles. The molecule has 0 amide bonds. The van der Waals surface area contributed by atoms with Gasteiger partial charge in [0.1, 0.15) is 12.1 Å². The number of carbonyl (C=O) groups is 1. The van der Waals surface area contributed by atoms with Crippen molar-refractivity contribution in [2.75, 3.05) is 13.2 Å². The Balaban J connectivity index is 1.86. The van der Waals surface area contributed by atoms with Crippen LogP contribution in [0.3, 0.4) is 0 Å². The highest BCUT2D eigenvalue weighted by atomic mass is 19.4. The second-order valence-electron chi connectivity index (χ2n) is 5.74. The monoisotopic (exact) mass is 295 g/mol. The minimum Gasteiger partial charge on any atom is -0.480 e. The molecule has 0 bridgehead atoms. The first-order chi connectivity index (χ1) is 9.33. The number of rotatable bonds is 7. The van der Waals surface area contributed by atoms with Crippen LogP contribution in [0.5, 0.6) is 0 Å². The molecule has 2 saturated carbocycles. The first kappa shape index (κ1) is 15.6. The number of ether oxygens (including phenoxy) is 1. The first-order valence-electron chi connectivity index (χ1n) is 6.99. The predicted octanol–water partition coefficient (Wildman–Crippen LogP) is 2.33. The average Bonchev–Trinajstić information content (AvgIpc) is 3.03. The van der Waals surface area contributed by atoms with Crippen LogP contribution in [0.2, 0.25) is 0 Å². The molecule has 0 aromatic rings. The first-order valence-corrected chi connectivity index (χ1v) is 6.99. The summed E-state index contributed by atoms with van der Waals surface area (Å²) in [5, 5.41) is 12.7. The highest BCUT2D eigenvalue weighted by molar-refractivity contribution is 5.80. The van der Waals surface area contributed by atoms with E-state index in [9.17, 15) is 23.1 Å². The molecule has 0 radical (unpaired) electrons. The van der Waals surface area contributed by atoms with Crippen LogP contribution in [-0.2, 0) is 9.53 Å². The Kier molecular flexibility index (Phi) is 4.59. The van der Waals surface area contributed by atoms with Crippen LogP contribution in [0, 0.1) is 5.92 Å². The average molecular weight is 295 g/mol. The summed E-state index contributed by atoms with van der Waals surface area (Å²) in [6.07, 6.45) is 0.0344. The van der Waals surface area contributed by atoms with Gasteiger partial charge in [0.25, 0.3) is 0 Å². The van der Waals surface area contributed by atoms with Crippen molar-refractivity contribution in [3.05, 3.63) is 0 Å². The van der Waals surface area contributed by atoms with Gasteiger partial charge in [0.15, 0.2) is 0 Å². The molecule has 0 spiro atoms. The van der Waals surface area contributed by atoms with Gasteiger partial charge in [0, 0.05) is 12.6 Å². The maximum atomic E-state index is 12.0. The zero-order valence-electron chi connectivity index (χ0n) is 11.2. The number of carboxylic acid groups (broad SMARTS) is 1. The van der Waals surface area contributed by atoms with Gasteiger partial charge in [-0.2, -0.15) is 13.2 Å². The number of alkyl halides is 3. The molecule has 2 aliphatic rings. The molecule has 20 heavy (non-hydrogen) atoms. The Morgan fingerprint density at radius 3 is 2.60 bits per heavy atom. The summed E-state index contributed by atoms with van der Waals surface area (Å²) in [5.74, 6) is -1.04. The molecule has 0 aromatic heterocycles. The maximum Gasteiger partial charge on any atom is 0.411 e. The maximum absolute atomic E-state index is 12.0. The van der Waals surface area contributed by atoms with Crippen LogP contribution in [-0.4, -0.2) is 42.0 Å². The van der Waals surface area contributed by atoms with E-state index in [2.05, 4.69) is 10.1 Å². The van der Waals surface area contributed by atoms with E-state index in [1.54, 1.807) is 0 Å². The normalized spacial score (nSPS) is 30.6. The van der Waals surface area contributed by atoms with Crippen molar-refractivity contribution in [1.29, 1.82) is 0 Å². The quantitative estimate of drug-likeness (QED) is 0.708. The molecule has 0 aromatic carbocycles. The van der Waals surface area contributed by atoms with E-state index in [1.165, 1.54) is 0 Å². The number of carboxylic acids is 1. The summed E-state index contributed by atoms with van der Waals surface area (Å²) in [5.41, 5.74) is -0.969. The summed E-state index contributed by atoms with van der Waals surface area (Å²) in [6.45, 7) is -1.32. The van der Waals surface area contributed by atoms with Gasteiger partial charge in [-0.15, -0.1) is 0 Å². The van der Waals surface area contributed by atoms with Crippen molar-refractivity contribution in [3.63, 3.8) is 0 Å². The molecule has 2 N–H and O–H groups in total. The number of hydrogen-bond donors (Lipinski definition) is 2. The van der Waals surface area contributed by atoms with Crippen LogP contribution in [0.25, 0.3) is 0 Å². The van der Waals surface area contributed by atoms with Crippen molar-refractivity contribution in [2.24, 2.45) is 5.92 Å². The van der Waals surface area contributed by atoms with E-state index < -0.39 is 24.3 Å². The molecular weight excluding hydrogens is 275 g/mol. The van der Waals surface area contributed by atoms with Crippen molar-refractivity contribution in [3.8, 4) is 0 Å². The zero-order chi connectivity index (χ0) is 14.8. The van der Waals surface area contributed by atoms with Crippen LogP contribution in [0.15, 0.2) is 0 Å². The van der Waals surface area contributed by atoms with Crippen LogP contribution in [0.1, 0.15) is 38.5 Å². The topological polar surface area (TPSA) is 58.6 Å². The molecular formula is C13H20F3NO3. The lowest BCUT2D eigenvalue weighted by Crippen LogP contribution is -2.55. The van der Waals surface area contributed by atoms with Gasteiger partial charge in [0.05, 0.1) is 0 Å². The van der Waals surface area contributed by atoms with Gasteiger partial charge in [0.2, 0.25) is 0 Å². The highest BCUT2D eigenvalue weighted by Crippen LogP contribution is 2.40. The van der Waals surface area contributed by atoms with Gasteiger partial charge < -0.3 is 9.84 Å². The largest absolute Gasteiger partial charge is 0.480 e. The van der Waals surface area contributed by atoms with E-state index in [0.29, 0.717) is 12.8 Å². The van der Waals surface area contributed by atoms with Crippen LogP contribution >= 0.6 is 0 Å². The van der Waals surface area contributed by atoms with Crippen molar-refractivity contribution >= 4 is 5.97 Å². The summed E-state index contributed by atoms with van der Waals surface area (Å²) in [4.78, 5) is 11.6. The number of nitrogens with one attached hydrogen (secondary N) is 1. The molecule has 0 heterocycles. The molecule has 2 aliphatic carbocycles. The molecule has 116 valence electrons. The molecule has 2 atom stereocenters. The summed E-state index contributed by atoms with van der Waals surface area (Å²) < 4.78 is 40.6. The smallest absolute Gasteiger partial charge is 0.411 e. The lowest BCUT2D eigenvalue weighted by atomic mass is 9.84.